The lowest BCUT2D eigenvalue weighted by molar-refractivity contribution is 0.0955. The lowest BCUT2D eigenvalue weighted by Gasteiger charge is -2.07. The van der Waals surface area contributed by atoms with Gasteiger partial charge in [-0.3, -0.25) is 4.79 Å². The van der Waals surface area contributed by atoms with Gasteiger partial charge in [0.2, 0.25) is 0 Å². The topological polar surface area (TPSA) is 97.6 Å². The highest BCUT2D eigenvalue weighted by Gasteiger charge is 2.12. The van der Waals surface area contributed by atoms with Gasteiger partial charge in [0, 0.05) is 18.8 Å². The molecule has 4 rings (SSSR count). The van der Waals surface area contributed by atoms with E-state index in [0.29, 0.717) is 29.7 Å². The van der Waals surface area contributed by atoms with Crippen molar-refractivity contribution in [2.75, 3.05) is 18.4 Å². The Balaban J connectivity index is 1.30. The second-order valence-electron chi connectivity index (χ2n) is 6.65. The van der Waals surface area contributed by atoms with Crippen LogP contribution in [0.2, 0.25) is 0 Å². The second-order valence-corrected chi connectivity index (χ2v) is 7.68. The van der Waals surface area contributed by atoms with Crippen LogP contribution in [-0.4, -0.2) is 44.0 Å². The Morgan fingerprint density at radius 1 is 1.07 bits per heavy atom. The largest absolute Gasteiger partial charge is 0.367 e. The Labute approximate surface area is 172 Å². The third-order valence-electron chi connectivity index (χ3n) is 4.73. The van der Waals surface area contributed by atoms with Gasteiger partial charge in [-0.25, -0.2) is 9.67 Å². The van der Waals surface area contributed by atoms with Crippen molar-refractivity contribution in [3.05, 3.63) is 58.4 Å². The van der Waals surface area contributed by atoms with Crippen LogP contribution in [0.5, 0.6) is 0 Å². The molecule has 0 aliphatic carbocycles. The molecule has 2 N–H and O–H groups in total. The quantitative estimate of drug-likeness (QED) is 0.477. The van der Waals surface area contributed by atoms with Crippen molar-refractivity contribution in [1.29, 1.82) is 0 Å². The summed E-state index contributed by atoms with van der Waals surface area (Å²) < 4.78 is 2.79. The molecule has 0 aliphatic heterocycles. The Kier molecular flexibility index (Phi) is 5.22. The van der Waals surface area contributed by atoms with E-state index in [9.17, 15) is 4.79 Å². The summed E-state index contributed by atoms with van der Waals surface area (Å²) in [4.78, 5) is 16.6. The molecule has 0 radical (unpaired) electrons. The van der Waals surface area contributed by atoms with E-state index in [2.05, 4.69) is 30.9 Å². The van der Waals surface area contributed by atoms with Gasteiger partial charge in [0.25, 0.3) is 5.91 Å². The van der Waals surface area contributed by atoms with E-state index in [1.165, 1.54) is 11.3 Å². The number of thiazole rings is 1. The van der Waals surface area contributed by atoms with Gasteiger partial charge in [0.1, 0.15) is 5.82 Å². The van der Waals surface area contributed by atoms with Crippen LogP contribution in [0.1, 0.15) is 26.8 Å². The zero-order chi connectivity index (χ0) is 20.4. The van der Waals surface area contributed by atoms with Gasteiger partial charge < -0.3 is 10.6 Å². The molecular formula is C20H21N7OS. The fourth-order valence-electron chi connectivity index (χ4n) is 2.89. The summed E-state index contributed by atoms with van der Waals surface area (Å²) in [6, 6.07) is 11.4. The number of aromatic nitrogens is 5. The van der Waals surface area contributed by atoms with Crippen LogP contribution in [0.25, 0.3) is 16.0 Å². The van der Waals surface area contributed by atoms with Gasteiger partial charge in [-0.15, -0.1) is 21.5 Å². The molecule has 148 valence electrons. The maximum absolute atomic E-state index is 12.3. The number of nitrogens with one attached hydrogen (secondary N) is 2. The zero-order valence-corrected chi connectivity index (χ0v) is 17.2. The number of carbonyl (C=O) groups is 1. The number of carbonyl (C=O) groups excluding carboxylic acids is 1. The molecule has 0 saturated carbocycles. The maximum atomic E-state index is 12.3. The van der Waals surface area contributed by atoms with Gasteiger partial charge >= 0.3 is 0 Å². The molecule has 0 aliphatic rings. The number of hydrogen-bond donors (Lipinski definition) is 2. The van der Waals surface area contributed by atoms with Crippen LogP contribution in [-0.2, 0) is 0 Å². The first-order valence-corrected chi connectivity index (χ1v) is 10.1. The van der Waals surface area contributed by atoms with E-state index in [0.717, 1.165) is 27.2 Å². The number of amides is 1. The van der Waals surface area contributed by atoms with Gasteiger partial charge in [-0.1, -0.05) is 12.1 Å². The van der Waals surface area contributed by atoms with Crippen LogP contribution in [0.3, 0.4) is 0 Å². The van der Waals surface area contributed by atoms with Crippen LogP contribution in [0.15, 0.2) is 36.4 Å². The number of rotatable bonds is 6. The van der Waals surface area contributed by atoms with Crippen molar-refractivity contribution < 1.29 is 4.79 Å². The Morgan fingerprint density at radius 3 is 2.59 bits per heavy atom. The predicted molar refractivity (Wildman–Crippen MR) is 114 cm³/mol. The standard InChI is InChI=1S/C20H21N7OS/c1-12-13(2)26-27(14(12)3)18-9-8-17(24-25-18)21-10-11-22-19(28)20-23-15-6-4-5-7-16(15)29-20/h4-9H,10-11H2,1-3H3,(H,21,24)(H,22,28). The Hall–Kier alpha value is -3.33. The molecule has 1 amide bonds. The van der Waals surface area contributed by atoms with Crippen molar-refractivity contribution in [2.45, 2.75) is 20.8 Å². The lowest BCUT2D eigenvalue weighted by Crippen LogP contribution is -2.28. The molecule has 4 aromatic rings. The van der Waals surface area contributed by atoms with E-state index in [-0.39, 0.29) is 5.91 Å². The average molecular weight is 408 g/mol. The average Bonchev–Trinajstić information content (AvgIpc) is 3.28. The molecule has 0 spiro atoms. The smallest absolute Gasteiger partial charge is 0.280 e. The minimum atomic E-state index is -0.172. The van der Waals surface area contributed by atoms with Crippen molar-refractivity contribution in [3.63, 3.8) is 0 Å². The van der Waals surface area contributed by atoms with E-state index in [4.69, 9.17) is 0 Å². The van der Waals surface area contributed by atoms with Gasteiger partial charge in [-0.2, -0.15) is 5.10 Å². The highest BCUT2D eigenvalue weighted by molar-refractivity contribution is 7.20. The maximum Gasteiger partial charge on any atom is 0.280 e. The monoisotopic (exact) mass is 407 g/mol. The number of anilines is 1. The van der Waals surface area contributed by atoms with Crippen molar-refractivity contribution in [2.24, 2.45) is 0 Å². The third kappa shape index (κ3) is 3.95. The highest BCUT2D eigenvalue weighted by atomic mass is 32.1. The fraction of sp³-hybridized carbons (Fsp3) is 0.250. The molecule has 0 fully saturated rings. The zero-order valence-electron chi connectivity index (χ0n) is 16.4. The van der Waals surface area contributed by atoms with E-state index < -0.39 is 0 Å². The first-order valence-electron chi connectivity index (χ1n) is 9.27. The molecule has 0 unspecified atom stereocenters. The van der Waals surface area contributed by atoms with E-state index >= 15 is 0 Å². The van der Waals surface area contributed by atoms with Gasteiger partial charge in [-0.05, 0) is 50.6 Å². The van der Waals surface area contributed by atoms with Crippen molar-refractivity contribution in [3.8, 4) is 5.82 Å². The number of fused-ring (bicyclic) bond motifs is 1. The van der Waals surface area contributed by atoms with E-state index in [1.807, 2.05) is 57.2 Å². The summed E-state index contributed by atoms with van der Waals surface area (Å²) in [6.45, 7) is 7.01. The number of para-hydroxylation sites is 1. The van der Waals surface area contributed by atoms with E-state index in [1.54, 1.807) is 4.68 Å². The first-order chi connectivity index (χ1) is 14.0. The Morgan fingerprint density at radius 2 is 1.90 bits per heavy atom. The summed E-state index contributed by atoms with van der Waals surface area (Å²) in [5.41, 5.74) is 4.03. The highest BCUT2D eigenvalue weighted by Crippen LogP contribution is 2.21. The SMILES string of the molecule is Cc1nn(-c2ccc(NCCNC(=O)c3nc4ccccc4s3)nn2)c(C)c1C. The molecule has 0 bridgehead atoms. The molecule has 1 aromatic carbocycles. The van der Waals surface area contributed by atoms with Crippen LogP contribution >= 0.6 is 11.3 Å². The summed E-state index contributed by atoms with van der Waals surface area (Å²) >= 11 is 1.39. The summed E-state index contributed by atoms with van der Waals surface area (Å²) in [7, 11) is 0. The molecule has 0 atom stereocenters. The predicted octanol–water partition coefficient (Wildman–Crippen LogP) is 3.04. The number of nitrogens with zero attached hydrogens (tertiary/aromatic N) is 5. The number of hydrogen-bond acceptors (Lipinski definition) is 7. The van der Waals surface area contributed by atoms with Crippen LogP contribution < -0.4 is 10.6 Å². The summed E-state index contributed by atoms with van der Waals surface area (Å²) in [5, 5.41) is 19.4. The second kappa shape index (κ2) is 7.96. The molecule has 0 saturated heterocycles. The van der Waals surface area contributed by atoms with Crippen molar-refractivity contribution >= 4 is 33.3 Å². The molecular weight excluding hydrogens is 386 g/mol. The lowest BCUT2D eigenvalue weighted by atomic mass is 10.2. The van der Waals surface area contributed by atoms with Gasteiger partial charge in [0.05, 0.1) is 15.9 Å². The molecule has 3 aromatic heterocycles. The first kappa shape index (κ1) is 19.0. The fourth-order valence-corrected chi connectivity index (χ4v) is 3.77. The van der Waals surface area contributed by atoms with Crippen LogP contribution in [0.4, 0.5) is 5.82 Å². The minimum absolute atomic E-state index is 0.172. The van der Waals surface area contributed by atoms with Gasteiger partial charge in [0.15, 0.2) is 10.8 Å². The molecule has 3 heterocycles. The normalized spacial score (nSPS) is 11.0. The molecule has 9 heteroatoms. The Bertz CT molecular complexity index is 1130. The molecule has 8 nitrogen and oxygen atoms in total. The molecule has 29 heavy (non-hydrogen) atoms. The third-order valence-corrected chi connectivity index (χ3v) is 5.76. The van der Waals surface area contributed by atoms with Crippen molar-refractivity contribution in [1.82, 2.24) is 30.3 Å². The number of benzene rings is 1. The summed E-state index contributed by atoms with van der Waals surface area (Å²) in [5.74, 6) is 1.14. The van der Waals surface area contributed by atoms with Crippen LogP contribution in [0, 0.1) is 20.8 Å². The number of aryl methyl sites for hydroxylation is 1. The minimum Gasteiger partial charge on any atom is -0.367 e. The summed E-state index contributed by atoms with van der Waals surface area (Å²) in [6.07, 6.45) is 0.